The van der Waals surface area contributed by atoms with Gasteiger partial charge in [0.15, 0.2) is 22.9 Å². The van der Waals surface area contributed by atoms with E-state index in [1.165, 1.54) is 0 Å². The molecule has 70 heavy (non-hydrogen) atoms. The minimum atomic E-state index is -0.417. The van der Waals surface area contributed by atoms with E-state index in [4.69, 9.17) is 27.4 Å². The van der Waals surface area contributed by atoms with Crippen LogP contribution in [0.1, 0.15) is 83.6 Å². The zero-order valence-corrected chi connectivity index (χ0v) is 43.2. The van der Waals surface area contributed by atoms with Crippen molar-refractivity contribution in [3.8, 4) is 0 Å². The van der Waals surface area contributed by atoms with E-state index >= 15 is 0 Å². The van der Waals surface area contributed by atoms with Gasteiger partial charge in [-0.1, -0.05) is 70.0 Å². The molecule has 2 aliphatic carbocycles. The van der Waals surface area contributed by atoms with Gasteiger partial charge in [0.05, 0.1) is 47.2 Å². The van der Waals surface area contributed by atoms with E-state index in [0.717, 1.165) is 97.8 Å². The second kappa shape index (κ2) is 25.3. The molecule has 364 valence electrons. The average Bonchev–Trinajstić information content (AvgIpc) is 4.12. The summed E-state index contributed by atoms with van der Waals surface area (Å²) in [4.78, 5) is 52.3. The summed E-state index contributed by atoms with van der Waals surface area (Å²) >= 11 is 13.1. The zero-order valence-electron chi connectivity index (χ0n) is 39.2. The molecular weight excluding hydrogens is 1040 g/mol. The lowest BCUT2D eigenvalue weighted by molar-refractivity contribution is -0.119. The van der Waals surface area contributed by atoms with Gasteiger partial charge in [-0.05, 0) is 102 Å². The number of hydrogen-bond donors (Lipinski definition) is 3. The van der Waals surface area contributed by atoms with Crippen LogP contribution in [0.5, 0.6) is 0 Å². The molecule has 8 aromatic rings. The van der Waals surface area contributed by atoms with Crippen molar-refractivity contribution in [2.24, 2.45) is 5.73 Å². The normalized spacial score (nSPS) is 14.6. The van der Waals surface area contributed by atoms with Crippen molar-refractivity contribution in [2.45, 2.75) is 77.3 Å². The van der Waals surface area contributed by atoms with Crippen LogP contribution in [0.15, 0.2) is 107 Å². The number of rotatable bonds is 14. The average molecular weight is 1100 g/mol. The number of ketones is 2. The Bertz CT molecular complexity index is 3030. The first kappa shape index (κ1) is 51.9. The number of pyridine rings is 2. The second-order valence-electron chi connectivity index (χ2n) is 16.5. The molecule has 2 unspecified atom stereocenters. The first-order chi connectivity index (χ1) is 34.0. The summed E-state index contributed by atoms with van der Waals surface area (Å²) in [5.41, 5.74) is 14.0. The summed E-state index contributed by atoms with van der Waals surface area (Å²) in [6, 6.07) is 23.7. The first-order valence-electron chi connectivity index (χ1n) is 23.1. The highest BCUT2D eigenvalue weighted by Gasteiger charge is 2.36. The van der Waals surface area contributed by atoms with E-state index in [1.54, 1.807) is 19.5 Å². The molecule has 19 heteroatoms. The van der Waals surface area contributed by atoms with Crippen molar-refractivity contribution in [1.29, 1.82) is 0 Å². The van der Waals surface area contributed by atoms with Crippen molar-refractivity contribution in [2.75, 3.05) is 38.7 Å². The van der Waals surface area contributed by atoms with Crippen molar-refractivity contribution >= 4 is 83.0 Å². The Hall–Kier alpha value is -5.89. The Balaban J connectivity index is 0.000000166. The number of anilines is 1. The topological polar surface area (TPSA) is 215 Å². The van der Waals surface area contributed by atoms with Crippen molar-refractivity contribution in [1.82, 2.24) is 49.5 Å². The molecule has 16 nitrogen and oxygen atoms in total. The number of methoxy groups -OCH3 is 1. The Morgan fingerprint density at radius 1 is 0.743 bits per heavy atom. The van der Waals surface area contributed by atoms with Crippen LogP contribution in [0.2, 0.25) is 5.28 Å². The number of fused-ring (bicyclic) bond motifs is 4. The number of Topliss-reactive ketones (excluding diaryl/α,β-unsaturated/α-hetero) is 2. The summed E-state index contributed by atoms with van der Waals surface area (Å²) < 4.78 is 10.1. The van der Waals surface area contributed by atoms with E-state index in [0.29, 0.717) is 55.5 Å². The molecule has 0 amide bonds. The number of nitrogens with one attached hydrogen (secondary N) is 1. The van der Waals surface area contributed by atoms with Crippen LogP contribution in [-0.2, 0) is 53.1 Å². The third-order valence-corrected chi connectivity index (χ3v) is 12.5. The van der Waals surface area contributed by atoms with Crippen molar-refractivity contribution < 1.29 is 19.4 Å². The monoisotopic (exact) mass is 1090 g/mol. The highest BCUT2D eigenvalue weighted by Crippen LogP contribution is 2.40. The molecule has 2 aliphatic rings. The molecule has 0 spiro atoms. The van der Waals surface area contributed by atoms with E-state index in [-0.39, 0.29) is 23.5 Å². The number of halogens is 3. The number of benzene rings is 2. The molecule has 2 atom stereocenters. The maximum Gasteiger partial charge on any atom is 0.225 e. The number of carbonyl (C=O) groups is 2. The fourth-order valence-electron chi connectivity index (χ4n) is 8.28. The number of carbonyl (C=O) groups excluding carboxylic acids is 2. The number of aromatic nitrogens is 10. The second-order valence-corrected chi connectivity index (χ2v) is 18.7. The van der Waals surface area contributed by atoms with Crippen LogP contribution in [0.3, 0.4) is 0 Å². The number of aliphatic hydroxyl groups is 1. The van der Waals surface area contributed by atoms with E-state index in [9.17, 15) is 9.59 Å². The number of ether oxygens (including phenoxy) is 1. The third-order valence-electron chi connectivity index (χ3n) is 11.4. The van der Waals surface area contributed by atoms with Crippen LogP contribution in [0.4, 0.5) is 5.95 Å². The molecule has 6 heterocycles. The molecule has 0 aliphatic heterocycles. The van der Waals surface area contributed by atoms with Crippen LogP contribution in [0.25, 0.3) is 22.1 Å². The molecule has 6 aromatic heterocycles. The summed E-state index contributed by atoms with van der Waals surface area (Å²) in [5.74, 6) is -0.0620. The molecule has 0 radical (unpaired) electrons. The summed E-state index contributed by atoms with van der Waals surface area (Å²) in [6.45, 7) is 7.65. The fraction of sp³-hybridized carbons (Fsp3) is 0.333. The smallest absolute Gasteiger partial charge is 0.225 e. The van der Waals surface area contributed by atoms with Gasteiger partial charge in [0, 0.05) is 97.5 Å². The summed E-state index contributed by atoms with van der Waals surface area (Å²) in [7, 11) is 1.55. The van der Waals surface area contributed by atoms with Gasteiger partial charge in [-0.2, -0.15) is 20.2 Å². The van der Waals surface area contributed by atoms with Crippen LogP contribution in [0, 0.1) is 0 Å². The van der Waals surface area contributed by atoms with Gasteiger partial charge < -0.3 is 20.9 Å². The van der Waals surface area contributed by atoms with Gasteiger partial charge in [0.25, 0.3) is 0 Å². The molecule has 0 saturated carbocycles. The minimum Gasteiger partial charge on any atom is -0.394 e. The van der Waals surface area contributed by atoms with Crippen LogP contribution in [-0.4, -0.2) is 99.6 Å². The largest absolute Gasteiger partial charge is 0.394 e. The van der Waals surface area contributed by atoms with Crippen molar-refractivity contribution in [3.05, 3.63) is 157 Å². The molecular formula is C51H55Br2ClN12O4. The predicted molar refractivity (Wildman–Crippen MR) is 278 cm³/mol. The minimum absolute atomic E-state index is 0.121. The van der Waals surface area contributed by atoms with Gasteiger partial charge in [0.1, 0.15) is 0 Å². The predicted octanol–water partition coefficient (Wildman–Crippen LogP) is 8.42. The lowest BCUT2D eigenvalue weighted by Gasteiger charge is -2.13. The zero-order chi connectivity index (χ0) is 49.6. The Kier molecular flexibility index (Phi) is 18.8. The lowest BCUT2D eigenvalue weighted by atomic mass is 9.95. The number of nitrogens with two attached hydrogens (primary N) is 1. The van der Waals surface area contributed by atoms with Gasteiger partial charge in [-0.15, -0.1) is 0 Å². The molecule has 0 fully saturated rings. The highest BCUT2D eigenvalue weighted by atomic mass is 79.9. The molecule has 0 saturated heterocycles. The van der Waals surface area contributed by atoms with Gasteiger partial charge in [-0.3, -0.25) is 28.9 Å². The maximum atomic E-state index is 13.1. The Morgan fingerprint density at radius 3 is 1.74 bits per heavy atom. The number of aliphatic hydroxyl groups excluding tert-OH is 1. The van der Waals surface area contributed by atoms with Gasteiger partial charge in [0.2, 0.25) is 11.2 Å². The van der Waals surface area contributed by atoms with E-state index < -0.39 is 11.8 Å². The number of aryl methyl sites for hydroxylation is 2. The third kappa shape index (κ3) is 13.1. The fourth-order valence-corrected chi connectivity index (χ4v) is 9.21. The summed E-state index contributed by atoms with van der Waals surface area (Å²) in [6.07, 6.45) is 11.8. The molecule has 4 N–H and O–H groups in total. The highest BCUT2D eigenvalue weighted by molar-refractivity contribution is 9.10. The van der Waals surface area contributed by atoms with E-state index in [1.807, 2.05) is 94.6 Å². The van der Waals surface area contributed by atoms with Gasteiger partial charge in [-0.25, -0.2) is 9.97 Å². The first-order valence-corrected chi connectivity index (χ1v) is 25.1. The van der Waals surface area contributed by atoms with Crippen LogP contribution >= 0.6 is 43.5 Å². The van der Waals surface area contributed by atoms with Crippen LogP contribution < -0.4 is 11.1 Å². The summed E-state index contributed by atoms with van der Waals surface area (Å²) in [5, 5.41) is 22.1. The molecule has 2 aromatic carbocycles. The molecule has 10 rings (SSSR count). The quantitative estimate of drug-likeness (QED) is 0.0872. The SMILES string of the molecule is CCCn1cc2c(C3C(=O)Cc4ccc(Br)cc43)nc(Cl)nc2n1.CCCn1cc2c(C3C(=O)Cc4ccc(Br)cc43)nc(NCCc3ccccn3)nc2n1.COCCO.NCCc1ccccn1. The van der Waals surface area contributed by atoms with Gasteiger partial charge >= 0.3 is 0 Å². The Labute approximate surface area is 428 Å². The molecule has 0 bridgehead atoms. The lowest BCUT2D eigenvalue weighted by Crippen LogP contribution is -2.14. The van der Waals surface area contributed by atoms with Crippen molar-refractivity contribution in [3.63, 3.8) is 0 Å². The number of hydrogen-bond acceptors (Lipinski definition) is 14. The Morgan fingerprint density at radius 2 is 1.27 bits per heavy atom. The maximum absolute atomic E-state index is 13.1. The standard InChI is InChI=1S/C24H23BrN6O.C17H14BrClN4O.C7H10N2.C3H8O2/c1-2-11-31-14-19-22(21-18-13-16(25)7-6-15(18)12-20(21)32)28-24(29-23(19)30-31)27-10-8-17-5-3-4-9-26-17;1-2-5-23-8-12-15(20-17(19)21-16(12)22-23)14-11-7-10(18)4-3-9(11)6-13(14)24;8-5-4-7-3-1-2-6-9-7;1-5-3-2-4/h3-7,9,13-14,21H,2,8,10-12H2,1H3,(H,27,29,30);3-4,7-8,14H,2,5-6H2,1H3;1-3,6H,4-5,8H2;4H,2-3H2,1H3. The number of nitrogens with zero attached hydrogens (tertiary/aromatic N) is 10. The van der Waals surface area contributed by atoms with E-state index in [2.05, 4.69) is 90.9 Å².